The minimum absolute atomic E-state index is 0.0500. The Balaban J connectivity index is 2.62. The van der Waals surface area contributed by atoms with Gasteiger partial charge in [0.2, 0.25) is 0 Å². The molecule has 0 saturated carbocycles. The number of carboxylic acids is 1. The van der Waals surface area contributed by atoms with Crippen LogP contribution in [-0.4, -0.2) is 49.0 Å². The first kappa shape index (κ1) is 16.8. The predicted octanol–water partition coefficient (Wildman–Crippen LogP) is 1.42. The number of carbonyl (C=O) groups excluding carboxylic acids is 1. The lowest BCUT2D eigenvalue weighted by Crippen LogP contribution is -2.43. The number of ether oxygens (including phenoxy) is 1. The zero-order chi connectivity index (χ0) is 15.7. The highest BCUT2D eigenvalue weighted by Gasteiger charge is 2.18. The van der Waals surface area contributed by atoms with Crippen LogP contribution in [0.15, 0.2) is 24.3 Å². The van der Waals surface area contributed by atoms with Gasteiger partial charge >= 0.3 is 12.0 Å². The number of carbonyl (C=O) groups is 2. The van der Waals surface area contributed by atoms with Crippen LogP contribution in [0.3, 0.4) is 0 Å². The number of hydrogen-bond donors (Lipinski definition) is 3. The van der Waals surface area contributed by atoms with Crippen LogP contribution in [0.25, 0.3) is 0 Å². The number of phenols is 1. The minimum atomic E-state index is -1.11. The van der Waals surface area contributed by atoms with Crippen molar-refractivity contribution in [2.75, 3.05) is 31.7 Å². The number of urea groups is 1. The van der Waals surface area contributed by atoms with E-state index in [4.69, 9.17) is 9.84 Å². The number of aliphatic carboxylic acids is 1. The van der Waals surface area contributed by atoms with Crippen molar-refractivity contribution in [3.63, 3.8) is 0 Å². The number of anilines is 1. The van der Waals surface area contributed by atoms with Gasteiger partial charge in [0.05, 0.1) is 0 Å². The maximum absolute atomic E-state index is 12.1. The molecule has 0 spiro atoms. The molecule has 0 aromatic heterocycles. The van der Waals surface area contributed by atoms with Crippen LogP contribution in [0.5, 0.6) is 5.75 Å². The SMILES string of the molecule is COCCCCNC(=O)N(CC(=O)O)c1ccc(O)cc1. The van der Waals surface area contributed by atoms with Gasteiger partial charge in [0.25, 0.3) is 0 Å². The number of aromatic hydroxyl groups is 1. The van der Waals surface area contributed by atoms with Crippen molar-refractivity contribution in [1.29, 1.82) is 0 Å². The molecule has 0 bridgehead atoms. The third-order valence-electron chi connectivity index (χ3n) is 2.75. The minimum Gasteiger partial charge on any atom is -0.508 e. The van der Waals surface area contributed by atoms with E-state index in [0.29, 0.717) is 18.8 Å². The van der Waals surface area contributed by atoms with Crippen molar-refractivity contribution in [1.82, 2.24) is 5.32 Å². The molecule has 0 fully saturated rings. The number of nitrogens with zero attached hydrogens (tertiary/aromatic N) is 1. The normalized spacial score (nSPS) is 10.1. The van der Waals surface area contributed by atoms with Crippen LogP contribution in [0.1, 0.15) is 12.8 Å². The fourth-order valence-corrected chi connectivity index (χ4v) is 1.71. The summed E-state index contributed by atoms with van der Waals surface area (Å²) in [6, 6.07) is 5.29. The molecule has 2 amide bonds. The lowest BCUT2D eigenvalue weighted by atomic mass is 10.2. The average Bonchev–Trinajstić information content (AvgIpc) is 2.45. The zero-order valence-electron chi connectivity index (χ0n) is 11.9. The van der Waals surface area contributed by atoms with E-state index < -0.39 is 18.5 Å². The summed E-state index contributed by atoms with van der Waals surface area (Å²) >= 11 is 0. The molecule has 7 nitrogen and oxygen atoms in total. The topological polar surface area (TPSA) is 99.1 Å². The van der Waals surface area contributed by atoms with Crippen LogP contribution in [-0.2, 0) is 9.53 Å². The monoisotopic (exact) mass is 296 g/mol. The van der Waals surface area contributed by atoms with Crippen molar-refractivity contribution in [3.8, 4) is 5.75 Å². The number of phenolic OH excluding ortho intramolecular Hbond substituents is 1. The van der Waals surface area contributed by atoms with Gasteiger partial charge in [0.15, 0.2) is 0 Å². The molecule has 1 aromatic carbocycles. The molecular weight excluding hydrogens is 276 g/mol. The Bertz CT molecular complexity index is 461. The number of hydrogen-bond acceptors (Lipinski definition) is 4. The summed E-state index contributed by atoms with van der Waals surface area (Å²) in [6.07, 6.45) is 1.56. The summed E-state index contributed by atoms with van der Waals surface area (Å²) in [4.78, 5) is 24.0. The van der Waals surface area contributed by atoms with E-state index in [9.17, 15) is 14.7 Å². The molecule has 0 aliphatic rings. The molecule has 21 heavy (non-hydrogen) atoms. The molecule has 1 rings (SSSR count). The molecule has 0 aliphatic carbocycles. The van der Waals surface area contributed by atoms with Crippen molar-refractivity contribution in [3.05, 3.63) is 24.3 Å². The Morgan fingerprint density at radius 2 is 1.90 bits per heavy atom. The van der Waals surface area contributed by atoms with Crippen molar-refractivity contribution in [2.24, 2.45) is 0 Å². The van der Waals surface area contributed by atoms with Crippen LogP contribution < -0.4 is 10.2 Å². The maximum atomic E-state index is 12.1. The van der Waals surface area contributed by atoms with Crippen molar-refractivity contribution in [2.45, 2.75) is 12.8 Å². The van der Waals surface area contributed by atoms with E-state index in [1.807, 2.05) is 0 Å². The summed E-state index contributed by atoms with van der Waals surface area (Å²) in [5.74, 6) is -1.06. The summed E-state index contributed by atoms with van der Waals surface area (Å²) in [6.45, 7) is 0.609. The highest BCUT2D eigenvalue weighted by atomic mass is 16.5. The van der Waals surface area contributed by atoms with Gasteiger partial charge in [-0.1, -0.05) is 0 Å². The van der Waals surface area contributed by atoms with E-state index in [1.165, 1.54) is 24.3 Å². The number of unbranched alkanes of at least 4 members (excludes halogenated alkanes) is 1. The zero-order valence-corrected chi connectivity index (χ0v) is 11.9. The number of carboxylic acid groups (broad SMARTS) is 1. The molecule has 0 atom stereocenters. The van der Waals surface area contributed by atoms with Crippen LogP contribution in [0.4, 0.5) is 10.5 Å². The Hall–Kier alpha value is -2.28. The number of methoxy groups -OCH3 is 1. The van der Waals surface area contributed by atoms with Gasteiger partial charge in [0.1, 0.15) is 12.3 Å². The van der Waals surface area contributed by atoms with Gasteiger partial charge < -0.3 is 20.3 Å². The van der Waals surface area contributed by atoms with E-state index in [-0.39, 0.29) is 5.75 Å². The first-order chi connectivity index (χ1) is 10.0. The lowest BCUT2D eigenvalue weighted by molar-refractivity contribution is -0.135. The Morgan fingerprint density at radius 1 is 1.24 bits per heavy atom. The second-order valence-corrected chi connectivity index (χ2v) is 4.43. The smallest absolute Gasteiger partial charge is 0.323 e. The van der Waals surface area contributed by atoms with Crippen molar-refractivity contribution < 1.29 is 24.5 Å². The second kappa shape index (κ2) is 8.80. The molecule has 0 saturated heterocycles. The van der Waals surface area contributed by atoms with Gasteiger partial charge in [-0.05, 0) is 37.1 Å². The Labute approximate surface area is 123 Å². The quantitative estimate of drug-likeness (QED) is 0.630. The van der Waals surface area contributed by atoms with E-state index in [0.717, 1.165) is 17.7 Å². The van der Waals surface area contributed by atoms with E-state index in [2.05, 4.69) is 5.32 Å². The number of nitrogens with one attached hydrogen (secondary N) is 1. The van der Waals surface area contributed by atoms with Crippen molar-refractivity contribution >= 4 is 17.7 Å². The second-order valence-electron chi connectivity index (χ2n) is 4.43. The number of amides is 2. The number of rotatable bonds is 8. The molecule has 0 aliphatic heterocycles. The summed E-state index contributed by atoms with van der Waals surface area (Å²) < 4.78 is 4.90. The van der Waals surface area contributed by atoms with E-state index in [1.54, 1.807) is 7.11 Å². The molecule has 116 valence electrons. The standard InChI is InChI=1S/C14H20N2O5/c1-21-9-3-2-8-15-14(20)16(10-13(18)19)11-4-6-12(17)7-5-11/h4-7,17H,2-3,8-10H2,1H3,(H,15,20)(H,18,19). The van der Waals surface area contributed by atoms with Gasteiger partial charge in [-0.3, -0.25) is 9.69 Å². The molecule has 3 N–H and O–H groups in total. The van der Waals surface area contributed by atoms with E-state index >= 15 is 0 Å². The summed E-state index contributed by atoms with van der Waals surface area (Å²) in [5.41, 5.74) is 0.407. The first-order valence-electron chi connectivity index (χ1n) is 6.59. The van der Waals surface area contributed by atoms with Crippen LogP contribution in [0, 0.1) is 0 Å². The third kappa shape index (κ3) is 6.13. The molecule has 1 aromatic rings. The van der Waals surface area contributed by atoms with Gasteiger partial charge in [-0.25, -0.2) is 4.79 Å². The molecule has 7 heteroatoms. The summed E-state index contributed by atoms with van der Waals surface area (Å²) in [7, 11) is 1.61. The van der Waals surface area contributed by atoms with Gasteiger partial charge in [-0.2, -0.15) is 0 Å². The average molecular weight is 296 g/mol. The third-order valence-corrected chi connectivity index (χ3v) is 2.75. The Kier molecular flexibility index (Phi) is 7.03. The fraction of sp³-hybridized carbons (Fsp3) is 0.429. The molecule has 0 heterocycles. The highest BCUT2D eigenvalue weighted by molar-refractivity contribution is 5.96. The largest absolute Gasteiger partial charge is 0.508 e. The lowest BCUT2D eigenvalue weighted by Gasteiger charge is -2.21. The molecule has 0 radical (unpaired) electrons. The number of benzene rings is 1. The van der Waals surface area contributed by atoms with Gasteiger partial charge in [-0.15, -0.1) is 0 Å². The first-order valence-corrected chi connectivity index (χ1v) is 6.59. The molecule has 0 unspecified atom stereocenters. The maximum Gasteiger partial charge on any atom is 0.323 e. The predicted molar refractivity (Wildman–Crippen MR) is 77.6 cm³/mol. The summed E-state index contributed by atoms with van der Waals surface area (Å²) in [5, 5.41) is 20.8. The molecular formula is C14H20N2O5. The Morgan fingerprint density at radius 3 is 2.48 bits per heavy atom. The van der Waals surface area contributed by atoms with Gasteiger partial charge in [0, 0.05) is 25.9 Å². The fourth-order valence-electron chi connectivity index (χ4n) is 1.71. The van der Waals surface area contributed by atoms with Crippen LogP contribution >= 0.6 is 0 Å². The highest BCUT2D eigenvalue weighted by Crippen LogP contribution is 2.18. The van der Waals surface area contributed by atoms with Crippen LogP contribution in [0.2, 0.25) is 0 Å².